The standard InChI is InChI=1S/C8H14O2/c1-6-4-5-7(2)10-8(3)9-6/h6-7H,3-5H2,1-2H3. The van der Waals surface area contributed by atoms with E-state index >= 15 is 0 Å². The summed E-state index contributed by atoms with van der Waals surface area (Å²) in [6, 6.07) is 0. The molecule has 1 fully saturated rings. The summed E-state index contributed by atoms with van der Waals surface area (Å²) in [5, 5.41) is 0. The van der Waals surface area contributed by atoms with Gasteiger partial charge in [-0.3, -0.25) is 0 Å². The van der Waals surface area contributed by atoms with E-state index in [4.69, 9.17) is 9.47 Å². The number of rotatable bonds is 0. The predicted molar refractivity (Wildman–Crippen MR) is 39.5 cm³/mol. The van der Waals surface area contributed by atoms with Crippen LogP contribution < -0.4 is 0 Å². The van der Waals surface area contributed by atoms with Crippen LogP contribution in [-0.4, -0.2) is 12.2 Å². The third kappa shape index (κ3) is 1.94. The van der Waals surface area contributed by atoms with E-state index in [2.05, 4.69) is 6.58 Å². The molecule has 1 rings (SSSR count). The van der Waals surface area contributed by atoms with Gasteiger partial charge in [0.1, 0.15) is 0 Å². The summed E-state index contributed by atoms with van der Waals surface area (Å²) in [5.41, 5.74) is 0. The average molecular weight is 142 g/mol. The first-order valence-corrected chi connectivity index (χ1v) is 3.70. The number of hydrogen-bond donors (Lipinski definition) is 0. The molecule has 0 aromatic rings. The second-order valence-electron chi connectivity index (χ2n) is 2.81. The molecule has 1 aliphatic heterocycles. The van der Waals surface area contributed by atoms with Crippen LogP contribution in [0.3, 0.4) is 0 Å². The van der Waals surface area contributed by atoms with Gasteiger partial charge in [-0.1, -0.05) is 0 Å². The topological polar surface area (TPSA) is 18.5 Å². The predicted octanol–water partition coefficient (Wildman–Crippen LogP) is 2.06. The lowest BCUT2D eigenvalue weighted by Gasteiger charge is -2.11. The van der Waals surface area contributed by atoms with E-state index in [-0.39, 0.29) is 12.2 Å². The Labute approximate surface area is 61.8 Å². The van der Waals surface area contributed by atoms with Crippen LogP contribution in [0.5, 0.6) is 0 Å². The van der Waals surface area contributed by atoms with Gasteiger partial charge in [0.25, 0.3) is 5.95 Å². The van der Waals surface area contributed by atoms with Crippen molar-refractivity contribution in [3.63, 3.8) is 0 Å². The first kappa shape index (κ1) is 7.45. The fourth-order valence-corrected chi connectivity index (χ4v) is 1.06. The molecule has 0 spiro atoms. The van der Waals surface area contributed by atoms with Crippen LogP contribution in [-0.2, 0) is 9.47 Å². The highest BCUT2D eigenvalue weighted by molar-refractivity contribution is 4.76. The summed E-state index contributed by atoms with van der Waals surface area (Å²) in [7, 11) is 0. The van der Waals surface area contributed by atoms with Gasteiger partial charge in [0.2, 0.25) is 0 Å². The lowest BCUT2D eigenvalue weighted by molar-refractivity contribution is 0.00317. The summed E-state index contributed by atoms with van der Waals surface area (Å²) in [5.74, 6) is 0.470. The Balaban J connectivity index is 2.46. The Morgan fingerprint density at radius 2 is 1.60 bits per heavy atom. The Kier molecular flexibility index (Phi) is 2.20. The van der Waals surface area contributed by atoms with Crippen molar-refractivity contribution in [2.75, 3.05) is 0 Å². The van der Waals surface area contributed by atoms with Crippen molar-refractivity contribution >= 4 is 0 Å². The van der Waals surface area contributed by atoms with Gasteiger partial charge in [0.05, 0.1) is 12.2 Å². The van der Waals surface area contributed by atoms with E-state index < -0.39 is 0 Å². The molecule has 2 heteroatoms. The Morgan fingerprint density at radius 1 is 1.20 bits per heavy atom. The highest BCUT2D eigenvalue weighted by Crippen LogP contribution is 2.18. The quantitative estimate of drug-likeness (QED) is 0.515. The first-order chi connectivity index (χ1) is 4.68. The van der Waals surface area contributed by atoms with Crippen molar-refractivity contribution in [2.45, 2.75) is 38.9 Å². The van der Waals surface area contributed by atoms with E-state index in [1.165, 1.54) is 0 Å². The summed E-state index contributed by atoms with van der Waals surface area (Å²) in [6.07, 6.45) is 2.63. The highest BCUT2D eigenvalue weighted by Gasteiger charge is 2.15. The van der Waals surface area contributed by atoms with E-state index in [0.717, 1.165) is 12.8 Å². The van der Waals surface area contributed by atoms with E-state index in [1.54, 1.807) is 0 Å². The molecule has 2 nitrogen and oxygen atoms in total. The number of ether oxygens (including phenoxy) is 2. The minimum atomic E-state index is 0.262. The molecular weight excluding hydrogens is 128 g/mol. The van der Waals surface area contributed by atoms with Crippen molar-refractivity contribution < 1.29 is 9.47 Å². The zero-order chi connectivity index (χ0) is 7.56. The maximum Gasteiger partial charge on any atom is 0.272 e. The largest absolute Gasteiger partial charge is 0.463 e. The molecule has 0 aromatic carbocycles. The van der Waals surface area contributed by atoms with Gasteiger partial charge in [0, 0.05) is 0 Å². The maximum absolute atomic E-state index is 5.26. The van der Waals surface area contributed by atoms with Crippen molar-refractivity contribution in [1.29, 1.82) is 0 Å². The SMILES string of the molecule is C=C1OC(C)CCC(C)O1. The second kappa shape index (κ2) is 2.95. The molecule has 0 saturated carbocycles. The summed E-state index contributed by atoms with van der Waals surface area (Å²) in [4.78, 5) is 0. The summed E-state index contributed by atoms with van der Waals surface area (Å²) < 4.78 is 10.5. The first-order valence-electron chi connectivity index (χ1n) is 3.70. The summed E-state index contributed by atoms with van der Waals surface area (Å²) in [6.45, 7) is 7.70. The molecule has 2 unspecified atom stereocenters. The van der Waals surface area contributed by atoms with E-state index in [1.807, 2.05) is 13.8 Å². The van der Waals surface area contributed by atoms with E-state index in [9.17, 15) is 0 Å². The van der Waals surface area contributed by atoms with Crippen LogP contribution in [0.1, 0.15) is 26.7 Å². The third-order valence-electron chi connectivity index (χ3n) is 1.64. The van der Waals surface area contributed by atoms with Crippen LogP contribution in [0.15, 0.2) is 12.5 Å². The van der Waals surface area contributed by atoms with Crippen molar-refractivity contribution in [2.24, 2.45) is 0 Å². The molecule has 0 aliphatic carbocycles. The molecule has 0 bridgehead atoms. The van der Waals surface area contributed by atoms with E-state index in [0.29, 0.717) is 5.95 Å². The van der Waals surface area contributed by atoms with Gasteiger partial charge in [-0.15, -0.1) is 0 Å². The Morgan fingerprint density at radius 3 is 2.00 bits per heavy atom. The minimum Gasteiger partial charge on any atom is -0.463 e. The molecule has 1 heterocycles. The van der Waals surface area contributed by atoms with Crippen molar-refractivity contribution in [3.05, 3.63) is 12.5 Å². The zero-order valence-electron chi connectivity index (χ0n) is 6.59. The average Bonchev–Trinajstić information content (AvgIpc) is 1.93. The van der Waals surface area contributed by atoms with Crippen molar-refractivity contribution in [1.82, 2.24) is 0 Å². The van der Waals surface area contributed by atoms with Gasteiger partial charge in [0.15, 0.2) is 0 Å². The Hall–Kier alpha value is -0.660. The molecular formula is C8H14O2. The highest BCUT2D eigenvalue weighted by atomic mass is 16.7. The van der Waals surface area contributed by atoms with Crippen LogP contribution in [0.4, 0.5) is 0 Å². The molecule has 58 valence electrons. The van der Waals surface area contributed by atoms with Gasteiger partial charge < -0.3 is 9.47 Å². The fraction of sp³-hybridized carbons (Fsp3) is 0.750. The molecule has 0 amide bonds. The molecule has 0 radical (unpaired) electrons. The van der Waals surface area contributed by atoms with Gasteiger partial charge in [-0.2, -0.15) is 0 Å². The molecule has 0 aromatic heterocycles. The summed E-state index contributed by atoms with van der Waals surface area (Å²) >= 11 is 0. The zero-order valence-corrected chi connectivity index (χ0v) is 6.59. The molecule has 10 heavy (non-hydrogen) atoms. The van der Waals surface area contributed by atoms with Crippen LogP contribution in [0, 0.1) is 0 Å². The Bertz CT molecular complexity index is 117. The molecule has 1 saturated heterocycles. The molecule has 2 atom stereocenters. The lowest BCUT2D eigenvalue weighted by Crippen LogP contribution is -2.03. The maximum atomic E-state index is 5.26. The van der Waals surface area contributed by atoms with Crippen LogP contribution >= 0.6 is 0 Å². The van der Waals surface area contributed by atoms with Crippen molar-refractivity contribution in [3.8, 4) is 0 Å². The molecule has 0 N–H and O–H groups in total. The van der Waals surface area contributed by atoms with Gasteiger partial charge in [-0.25, -0.2) is 0 Å². The lowest BCUT2D eigenvalue weighted by atomic mass is 10.1. The second-order valence-corrected chi connectivity index (χ2v) is 2.81. The smallest absolute Gasteiger partial charge is 0.272 e. The normalized spacial score (nSPS) is 34.0. The third-order valence-corrected chi connectivity index (χ3v) is 1.64. The minimum absolute atomic E-state index is 0.262. The van der Waals surface area contributed by atoms with Crippen LogP contribution in [0.25, 0.3) is 0 Å². The monoisotopic (exact) mass is 142 g/mol. The number of hydrogen-bond acceptors (Lipinski definition) is 2. The molecule has 1 aliphatic rings. The van der Waals surface area contributed by atoms with Crippen LogP contribution in [0.2, 0.25) is 0 Å². The van der Waals surface area contributed by atoms with Gasteiger partial charge >= 0.3 is 0 Å². The fourth-order valence-electron chi connectivity index (χ4n) is 1.06. The van der Waals surface area contributed by atoms with Gasteiger partial charge in [-0.05, 0) is 33.3 Å².